The maximum absolute atomic E-state index is 12.7. The molecule has 0 unspecified atom stereocenters. The zero-order valence-electron chi connectivity index (χ0n) is 14.6. The fourth-order valence-electron chi connectivity index (χ4n) is 3.33. The van der Waals surface area contributed by atoms with E-state index >= 15 is 0 Å². The molecule has 1 aliphatic heterocycles. The molecule has 4 rings (SSSR count). The van der Waals surface area contributed by atoms with Crippen LogP contribution in [0.2, 0.25) is 0 Å². The summed E-state index contributed by atoms with van der Waals surface area (Å²) in [6.07, 6.45) is 5.78. The van der Waals surface area contributed by atoms with Gasteiger partial charge in [0.2, 0.25) is 0 Å². The molecule has 0 saturated carbocycles. The molecule has 0 radical (unpaired) electrons. The summed E-state index contributed by atoms with van der Waals surface area (Å²) in [5, 5.41) is 0. The van der Waals surface area contributed by atoms with Gasteiger partial charge in [-0.1, -0.05) is 13.0 Å². The number of hydrogen-bond acceptors (Lipinski definition) is 3. The minimum atomic E-state index is 0.108. The number of rotatable bonds is 2. The first kappa shape index (κ1) is 15.8. The van der Waals surface area contributed by atoms with Crippen LogP contribution in [-0.4, -0.2) is 38.4 Å². The first-order valence-corrected chi connectivity index (χ1v) is 8.81. The van der Waals surface area contributed by atoms with E-state index in [1.165, 1.54) is 0 Å². The number of aromatic nitrogens is 3. The van der Waals surface area contributed by atoms with Crippen LogP contribution in [0.5, 0.6) is 0 Å². The molecule has 128 valence electrons. The van der Waals surface area contributed by atoms with E-state index in [2.05, 4.69) is 16.9 Å². The second-order valence-corrected chi connectivity index (χ2v) is 6.99. The predicted octanol–water partition coefficient (Wildman–Crippen LogP) is 3.60. The van der Waals surface area contributed by atoms with Crippen LogP contribution in [0.15, 0.2) is 42.9 Å². The van der Waals surface area contributed by atoms with E-state index in [0.717, 1.165) is 48.3 Å². The van der Waals surface area contributed by atoms with Crippen molar-refractivity contribution in [3.8, 4) is 5.82 Å². The molecule has 1 aromatic carbocycles. The first-order valence-electron chi connectivity index (χ1n) is 8.81. The average molecular weight is 334 g/mol. The number of aryl methyl sites for hydroxylation is 1. The molecule has 0 N–H and O–H groups in total. The lowest BCUT2D eigenvalue weighted by Gasteiger charge is -2.30. The Morgan fingerprint density at radius 1 is 1.12 bits per heavy atom. The highest BCUT2D eigenvalue weighted by Crippen LogP contribution is 2.22. The van der Waals surface area contributed by atoms with Crippen LogP contribution in [0, 0.1) is 12.8 Å². The third-order valence-corrected chi connectivity index (χ3v) is 5.01. The van der Waals surface area contributed by atoms with Crippen LogP contribution in [-0.2, 0) is 0 Å². The van der Waals surface area contributed by atoms with E-state index in [4.69, 9.17) is 0 Å². The summed E-state index contributed by atoms with van der Waals surface area (Å²) in [6.45, 7) is 5.96. The molecular weight excluding hydrogens is 312 g/mol. The largest absolute Gasteiger partial charge is 0.339 e. The number of likely N-dealkylation sites (tertiary alicyclic amines) is 1. The summed E-state index contributed by atoms with van der Waals surface area (Å²) in [5.74, 6) is 1.65. The normalized spacial score (nSPS) is 15.7. The van der Waals surface area contributed by atoms with E-state index in [9.17, 15) is 4.79 Å². The van der Waals surface area contributed by atoms with Crippen molar-refractivity contribution in [1.29, 1.82) is 0 Å². The van der Waals surface area contributed by atoms with Crippen LogP contribution >= 0.6 is 0 Å². The molecule has 25 heavy (non-hydrogen) atoms. The first-order chi connectivity index (χ1) is 12.1. The van der Waals surface area contributed by atoms with Crippen LogP contribution in [0.1, 0.15) is 35.7 Å². The lowest BCUT2D eigenvalue weighted by molar-refractivity contribution is 0.0697. The zero-order valence-corrected chi connectivity index (χ0v) is 14.6. The van der Waals surface area contributed by atoms with Gasteiger partial charge < -0.3 is 4.90 Å². The summed E-state index contributed by atoms with van der Waals surface area (Å²) >= 11 is 0. The zero-order chi connectivity index (χ0) is 17.4. The van der Waals surface area contributed by atoms with Gasteiger partial charge in [-0.2, -0.15) is 0 Å². The van der Waals surface area contributed by atoms with Crippen LogP contribution in [0.25, 0.3) is 16.9 Å². The molecule has 0 atom stereocenters. The topological polar surface area (TPSA) is 51.0 Å². The maximum atomic E-state index is 12.7. The van der Waals surface area contributed by atoms with Gasteiger partial charge in [0.15, 0.2) is 0 Å². The van der Waals surface area contributed by atoms with E-state index in [0.29, 0.717) is 11.5 Å². The number of carbonyl (C=O) groups excluding carboxylic acids is 1. The van der Waals surface area contributed by atoms with Crippen molar-refractivity contribution in [2.45, 2.75) is 26.7 Å². The highest BCUT2D eigenvalue weighted by molar-refractivity contribution is 5.97. The second kappa shape index (κ2) is 6.31. The fraction of sp³-hybridized carbons (Fsp3) is 0.350. The molecule has 2 aromatic heterocycles. The van der Waals surface area contributed by atoms with Gasteiger partial charge in [-0.25, -0.2) is 9.97 Å². The quantitative estimate of drug-likeness (QED) is 0.719. The predicted molar refractivity (Wildman–Crippen MR) is 97.9 cm³/mol. The summed E-state index contributed by atoms with van der Waals surface area (Å²) in [7, 11) is 0. The molecule has 0 spiro atoms. The minimum Gasteiger partial charge on any atom is -0.339 e. The van der Waals surface area contributed by atoms with Gasteiger partial charge in [0.1, 0.15) is 12.1 Å². The Bertz CT molecular complexity index is 905. The highest BCUT2D eigenvalue weighted by Gasteiger charge is 2.22. The molecule has 3 heterocycles. The Labute approximate surface area is 147 Å². The summed E-state index contributed by atoms with van der Waals surface area (Å²) in [5.41, 5.74) is 3.61. The van der Waals surface area contributed by atoms with Crippen molar-refractivity contribution in [2.24, 2.45) is 5.92 Å². The second-order valence-electron chi connectivity index (χ2n) is 6.99. The summed E-state index contributed by atoms with van der Waals surface area (Å²) in [4.78, 5) is 23.6. The smallest absolute Gasteiger partial charge is 0.253 e. The number of piperidine rings is 1. The van der Waals surface area contributed by atoms with Gasteiger partial charge in [0.05, 0.1) is 11.0 Å². The Balaban J connectivity index is 1.63. The Hall–Kier alpha value is -2.69. The van der Waals surface area contributed by atoms with Crippen LogP contribution < -0.4 is 0 Å². The molecule has 5 heteroatoms. The van der Waals surface area contributed by atoms with Crippen molar-refractivity contribution in [1.82, 2.24) is 19.4 Å². The number of pyridine rings is 1. The lowest BCUT2D eigenvalue weighted by Crippen LogP contribution is -2.37. The monoisotopic (exact) mass is 334 g/mol. The standard InChI is InChI=1S/C20H22N4O/c1-14-7-9-23(10-8-14)20(25)16-4-5-18-17(11-16)22-13-24(18)19-6-3-15(2)12-21-19/h3-6,11-14H,7-10H2,1-2H3. The molecule has 0 bridgehead atoms. The number of hydrogen-bond donors (Lipinski definition) is 0. The number of fused-ring (bicyclic) bond motifs is 1. The third-order valence-electron chi connectivity index (χ3n) is 5.01. The van der Waals surface area contributed by atoms with Gasteiger partial charge >= 0.3 is 0 Å². The molecule has 1 fully saturated rings. The number of imidazole rings is 1. The Morgan fingerprint density at radius 2 is 1.92 bits per heavy atom. The Kier molecular flexibility index (Phi) is 3.99. The van der Waals surface area contributed by atoms with Crippen molar-refractivity contribution >= 4 is 16.9 Å². The molecular formula is C20H22N4O. The lowest BCUT2D eigenvalue weighted by atomic mass is 9.98. The van der Waals surface area contributed by atoms with E-state index in [1.807, 2.05) is 52.9 Å². The maximum Gasteiger partial charge on any atom is 0.253 e. The van der Waals surface area contributed by atoms with Gasteiger partial charge in [-0.15, -0.1) is 0 Å². The van der Waals surface area contributed by atoms with Crippen molar-refractivity contribution in [3.05, 3.63) is 54.0 Å². The van der Waals surface area contributed by atoms with E-state index in [-0.39, 0.29) is 5.91 Å². The van der Waals surface area contributed by atoms with Gasteiger partial charge in [0, 0.05) is 24.8 Å². The van der Waals surface area contributed by atoms with Crippen LogP contribution in [0.3, 0.4) is 0 Å². The molecule has 0 aliphatic carbocycles. The number of amides is 1. The van der Waals surface area contributed by atoms with E-state index < -0.39 is 0 Å². The number of benzene rings is 1. The molecule has 1 amide bonds. The fourth-order valence-corrected chi connectivity index (χ4v) is 3.33. The van der Waals surface area contributed by atoms with Gasteiger partial charge in [-0.05, 0) is 55.5 Å². The summed E-state index contributed by atoms with van der Waals surface area (Å²) < 4.78 is 1.95. The highest BCUT2D eigenvalue weighted by atomic mass is 16.2. The minimum absolute atomic E-state index is 0.108. The molecule has 3 aromatic rings. The molecule has 5 nitrogen and oxygen atoms in total. The van der Waals surface area contributed by atoms with E-state index in [1.54, 1.807) is 6.33 Å². The van der Waals surface area contributed by atoms with Gasteiger partial charge in [-0.3, -0.25) is 9.36 Å². The van der Waals surface area contributed by atoms with Gasteiger partial charge in [0.25, 0.3) is 5.91 Å². The number of carbonyl (C=O) groups is 1. The molecule has 1 aliphatic rings. The third kappa shape index (κ3) is 3.02. The SMILES string of the molecule is Cc1ccc(-n2cnc3cc(C(=O)N4CCC(C)CC4)ccc32)nc1. The van der Waals surface area contributed by atoms with Crippen molar-refractivity contribution in [2.75, 3.05) is 13.1 Å². The van der Waals surface area contributed by atoms with Crippen molar-refractivity contribution in [3.63, 3.8) is 0 Å². The van der Waals surface area contributed by atoms with Crippen LogP contribution in [0.4, 0.5) is 0 Å². The molecule has 1 saturated heterocycles. The Morgan fingerprint density at radius 3 is 2.64 bits per heavy atom. The van der Waals surface area contributed by atoms with Crippen molar-refractivity contribution < 1.29 is 4.79 Å². The summed E-state index contributed by atoms with van der Waals surface area (Å²) in [6, 6.07) is 9.76. The average Bonchev–Trinajstić information content (AvgIpc) is 3.05. The number of nitrogens with zero attached hydrogens (tertiary/aromatic N) is 4.